The van der Waals surface area contributed by atoms with Crippen molar-refractivity contribution in [2.75, 3.05) is 0 Å². The van der Waals surface area contributed by atoms with Gasteiger partial charge in [-0.15, -0.1) is 11.3 Å². The van der Waals surface area contributed by atoms with Crippen LogP contribution in [0.1, 0.15) is 38.4 Å². The number of thiophene rings is 1. The van der Waals surface area contributed by atoms with Crippen LogP contribution in [0.25, 0.3) is 0 Å². The van der Waals surface area contributed by atoms with Crippen molar-refractivity contribution in [2.24, 2.45) is 7.05 Å². The van der Waals surface area contributed by atoms with Gasteiger partial charge in [0.1, 0.15) is 0 Å². The third-order valence-corrected chi connectivity index (χ3v) is 5.38. The highest BCUT2D eigenvalue weighted by Gasteiger charge is 2.18. The lowest BCUT2D eigenvalue weighted by Gasteiger charge is -2.01. The van der Waals surface area contributed by atoms with Crippen LogP contribution in [0.3, 0.4) is 0 Å². The molecule has 0 radical (unpaired) electrons. The number of aromatic nitrogens is 2. The third kappa shape index (κ3) is 2.82. The lowest BCUT2D eigenvalue weighted by molar-refractivity contribution is 0.0994. The highest BCUT2D eigenvalue weighted by Crippen LogP contribution is 2.26. The Bertz CT molecular complexity index is 608. The van der Waals surface area contributed by atoms with Gasteiger partial charge in [0.25, 0.3) is 0 Å². The summed E-state index contributed by atoms with van der Waals surface area (Å²) in [5.41, 5.74) is 3.14. The molecule has 0 aromatic carbocycles. The Morgan fingerprint density at radius 2 is 2.16 bits per heavy atom. The molecule has 0 unspecified atom stereocenters. The molecule has 0 atom stereocenters. The molecule has 3 nitrogen and oxygen atoms in total. The molecule has 0 aliphatic heterocycles. The van der Waals surface area contributed by atoms with E-state index in [2.05, 4.69) is 28.0 Å². The van der Waals surface area contributed by atoms with Gasteiger partial charge in [-0.2, -0.15) is 5.10 Å². The summed E-state index contributed by atoms with van der Waals surface area (Å²) in [5, 5.41) is 4.42. The fourth-order valence-corrected chi connectivity index (χ4v) is 3.69. The van der Waals surface area contributed by atoms with Crippen molar-refractivity contribution < 1.29 is 4.79 Å². The average molecular weight is 341 g/mol. The van der Waals surface area contributed by atoms with Crippen LogP contribution in [0, 0.1) is 13.8 Å². The summed E-state index contributed by atoms with van der Waals surface area (Å²) in [6.45, 7) is 6.15. The van der Waals surface area contributed by atoms with E-state index in [4.69, 9.17) is 0 Å². The second kappa shape index (κ2) is 5.59. The predicted octanol–water partition coefficient (Wildman–Crippen LogP) is 3.85. The maximum Gasteiger partial charge on any atom is 0.178 e. The maximum absolute atomic E-state index is 12.3. The Labute approximate surface area is 125 Å². The zero-order valence-corrected chi connectivity index (χ0v) is 14.0. The predicted molar refractivity (Wildman–Crippen MR) is 82.1 cm³/mol. The summed E-state index contributed by atoms with van der Waals surface area (Å²) >= 11 is 5.12. The Morgan fingerprint density at radius 3 is 2.63 bits per heavy atom. The molecule has 2 rings (SSSR count). The molecule has 0 spiro atoms. The molecule has 0 bridgehead atoms. The molecule has 0 saturated heterocycles. The minimum Gasteiger partial charge on any atom is -0.293 e. The third-order valence-electron chi connectivity index (χ3n) is 3.27. The van der Waals surface area contributed by atoms with E-state index in [1.165, 1.54) is 10.4 Å². The van der Waals surface area contributed by atoms with Crippen LogP contribution in [0.4, 0.5) is 0 Å². The molecule has 0 amide bonds. The molecule has 0 aliphatic carbocycles. The quantitative estimate of drug-likeness (QED) is 0.792. The minimum absolute atomic E-state index is 0.160. The standard InChI is InChI=1S/C14H17BrN2OS/c1-5-10-14(15)11(17(4)16-10)7-12(18)13-6-8(2)9(3)19-13/h6H,5,7H2,1-4H3. The topological polar surface area (TPSA) is 34.9 Å². The molecule has 102 valence electrons. The molecule has 2 aromatic rings. The number of carbonyl (C=O) groups excluding carboxylic acids is 1. The highest BCUT2D eigenvalue weighted by molar-refractivity contribution is 9.10. The first-order valence-electron chi connectivity index (χ1n) is 6.24. The van der Waals surface area contributed by atoms with Gasteiger partial charge in [0, 0.05) is 11.9 Å². The second-order valence-corrected chi connectivity index (χ2v) is 6.68. The largest absolute Gasteiger partial charge is 0.293 e. The Kier molecular flexibility index (Phi) is 4.26. The number of halogens is 1. The normalized spacial score (nSPS) is 11.0. The molecule has 0 aliphatic rings. The fraction of sp³-hybridized carbons (Fsp3) is 0.429. The highest BCUT2D eigenvalue weighted by atomic mass is 79.9. The average Bonchev–Trinajstić information content (AvgIpc) is 2.84. The van der Waals surface area contributed by atoms with Crippen molar-refractivity contribution in [2.45, 2.75) is 33.6 Å². The van der Waals surface area contributed by atoms with Crippen molar-refractivity contribution in [1.29, 1.82) is 0 Å². The summed E-state index contributed by atoms with van der Waals surface area (Å²) in [6, 6.07) is 1.98. The summed E-state index contributed by atoms with van der Waals surface area (Å²) in [5.74, 6) is 0.160. The number of nitrogens with zero attached hydrogens (tertiary/aromatic N) is 2. The first-order chi connectivity index (χ1) is 8.93. The molecule has 0 fully saturated rings. The van der Waals surface area contributed by atoms with Crippen molar-refractivity contribution in [3.05, 3.63) is 37.2 Å². The molecule has 19 heavy (non-hydrogen) atoms. The van der Waals surface area contributed by atoms with Gasteiger partial charge >= 0.3 is 0 Å². The zero-order valence-electron chi connectivity index (χ0n) is 11.6. The van der Waals surface area contributed by atoms with Gasteiger partial charge < -0.3 is 0 Å². The molecule has 5 heteroatoms. The van der Waals surface area contributed by atoms with Gasteiger partial charge in [-0.1, -0.05) is 6.92 Å². The molecular weight excluding hydrogens is 324 g/mol. The van der Waals surface area contributed by atoms with Crippen LogP contribution in [-0.2, 0) is 19.9 Å². The van der Waals surface area contributed by atoms with Crippen LogP contribution >= 0.6 is 27.3 Å². The molecule has 0 N–H and O–H groups in total. The number of hydrogen-bond donors (Lipinski definition) is 0. The van der Waals surface area contributed by atoms with Crippen molar-refractivity contribution in [3.63, 3.8) is 0 Å². The summed E-state index contributed by atoms with van der Waals surface area (Å²) in [6.07, 6.45) is 1.25. The van der Waals surface area contributed by atoms with E-state index in [1.807, 2.05) is 27.0 Å². The number of aryl methyl sites for hydroxylation is 4. The molecule has 0 saturated carbocycles. The summed E-state index contributed by atoms with van der Waals surface area (Å²) in [4.78, 5) is 14.4. The Hall–Kier alpha value is -0.940. The van der Waals surface area contributed by atoms with Crippen LogP contribution in [0.2, 0.25) is 0 Å². The van der Waals surface area contributed by atoms with E-state index in [9.17, 15) is 4.79 Å². The van der Waals surface area contributed by atoms with Gasteiger partial charge in [-0.3, -0.25) is 9.48 Å². The first kappa shape index (κ1) is 14.5. The lowest BCUT2D eigenvalue weighted by Crippen LogP contribution is -2.07. The van der Waals surface area contributed by atoms with Gasteiger partial charge in [0.05, 0.1) is 27.2 Å². The molecule has 2 heterocycles. The first-order valence-corrected chi connectivity index (χ1v) is 7.85. The van der Waals surface area contributed by atoms with E-state index >= 15 is 0 Å². The Morgan fingerprint density at radius 1 is 1.47 bits per heavy atom. The number of ketones is 1. The number of carbonyl (C=O) groups is 1. The van der Waals surface area contributed by atoms with Gasteiger partial charge in [0.15, 0.2) is 5.78 Å². The van der Waals surface area contributed by atoms with Gasteiger partial charge in [0.2, 0.25) is 0 Å². The number of rotatable bonds is 4. The fourth-order valence-electron chi connectivity index (χ4n) is 1.96. The second-order valence-electron chi connectivity index (χ2n) is 4.63. The van der Waals surface area contributed by atoms with Crippen LogP contribution in [0.5, 0.6) is 0 Å². The van der Waals surface area contributed by atoms with E-state index in [0.717, 1.165) is 27.2 Å². The Balaban J connectivity index is 2.26. The summed E-state index contributed by atoms with van der Waals surface area (Å²) in [7, 11) is 1.89. The van der Waals surface area contributed by atoms with Gasteiger partial charge in [-0.05, 0) is 47.8 Å². The smallest absolute Gasteiger partial charge is 0.178 e. The van der Waals surface area contributed by atoms with E-state index in [-0.39, 0.29) is 5.78 Å². The monoisotopic (exact) mass is 340 g/mol. The van der Waals surface area contributed by atoms with Crippen molar-refractivity contribution >= 4 is 33.0 Å². The van der Waals surface area contributed by atoms with Crippen molar-refractivity contribution in [3.8, 4) is 0 Å². The minimum atomic E-state index is 0.160. The summed E-state index contributed by atoms with van der Waals surface area (Å²) < 4.78 is 2.77. The van der Waals surface area contributed by atoms with Gasteiger partial charge in [-0.25, -0.2) is 0 Å². The number of hydrogen-bond acceptors (Lipinski definition) is 3. The van der Waals surface area contributed by atoms with E-state index < -0.39 is 0 Å². The van der Waals surface area contributed by atoms with Crippen molar-refractivity contribution in [1.82, 2.24) is 9.78 Å². The molecular formula is C14H17BrN2OS. The SMILES string of the molecule is CCc1nn(C)c(CC(=O)c2cc(C)c(C)s2)c1Br. The zero-order chi connectivity index (χ0) is 14.2. The number of Topliss-reactive ketones (excluding diaryl/α,β-unsaturated/α-hetero) is 1. The van der Waals surface area contributed by atoms with Crippen LogP contribution in [-0.4, -0.2) is 15.6 Å². The van der Waals surface area contributed by atoms with Crippen LogP contribution in [0.15, 0.2) is 10.5 Å². The van der Waals surface area contributed by atoms with E-state index in [0.29, 0.717) is 6.42 Å². The maximum atomic E-state index is 12.3. The van der Waals surface area contributed by atoms with Crippen LogP contribution < -0.4 is 0 Å². The lowest BCUT2D eigenvalue weighted by atomic mass is 10.1. The van der Waals surface area contributed by atoms with E-state index in [1.54, 1.807) is 16.0 Å². The molecule has 2 aromatic heterocycles.